The van der Waals surface area contributed by atoms with Gasteiger partial charge in [0.05, 0.1) is 11.1 Å². The van der Waals surface area contributed by atoms with E-state index in [2.05, 4.69) is 27.3 Å². The van der Waals surface area contributed by atoms with Crippen molar-refractivity contribution in [2.24, 2.45) is 7.05 Å². The van der Waals surface area contributed by atoms with Gasteiger partial charge < -0.3 is 10.2 Å². The van der Waals surface area contributed by atoms with Crippen molar-refractivity contribution in [1.82, 2.24) is 29.6 Å². The first-order valence-electron chi connectivity index (χ1n) is 9.19. The predicted octanol–water partition coefficient (Wildman–Crippen LogP) is 2.63. The quantitative estimate of drug-likeness (QED) is 0.779. The van der Waals surface area contributed by atoms with Crippen molar-refractivity contribution in [2.75, 3.05) is 25.5 Å². The molecule has 0 radical (unpaired) electrons. The zero-order chi connectivity index (χ0) is 18.1. The Balaban J connectivity index is 1.72. The summed E-state index contributed by atoms with van der Waals surface area (Å²) in [6, 6.07) is 4.40. The van der Waals surface area contributed by atoms with Crippen LogP contribution in [0.25, 0.3) is 22.4 Å². The van der Waals surface area contributed by atoms with Crippen LogP contribution in [0.3, 0.4) is 0 Å². The third-order valence-electron chi connectivity index (χ3n) is 5.22. The maximum absolute atomic E-state index is 4.83. The highest BCUT2D eigenvalue weighted by Gasteiger charge is 2.21. The maximum Gasteiger partial charge on any atom is 0.164 e. The van der Waals surface area contributed by atoms with Crippen molar-refractivity contribution < 1.29 is 0 Å². The molecule has 136 valence electrons. The second-order valence-corrected chi connectivity index (χ2v) is 7.05. The highest BCUT2D eigenvalue weighted by Crippen LogP contribution is 2.27. The maximum atomic E-state index is 4.83. The third kappa shape index (κ3) is 3.14. The zero-order valence-corrected chi connectivity index (χ0v) is 15.6. The van der Waals surface area contributed by atoms with Crippen LogP contribution in [0.2, 0.25) is 0 Å². The molecule has 4 heterocycles. The fraction of sp³-hybridized carbons (Fsp3) is 0.474. The van der Waals surface area contributed by atoms with Gasteiger partial charge in [-0.1, -0.05) is 6.42 Å². The lowest BCUT2D eigenvalue weighted by atomic mass is 10.0. The second-order valence-electron chi connectivity index (χ2n) is 7.05. The number of rotatable bonds is 4. The minimum atomic E-state index is 0.537. The number of likely N-dealkylation sites (tertiary alicyclic amines) is 1. The summed E-state index contributed by atoms with van der Waals surface area (Å²) < 4.78 is 1.83. The monoisotopic (exact) mass is 351 g/mol. The van der Waals surface area contributed by atoms with Gasteiger partial charge in [-0.15, -0.1) is 0 Å². The van der Waals surface area contributed by atoms with E-state index in [1.165, 1.54) is 25.8 Å². The molecule has 26 heavy (non-hydrogen) atoms. The number of hydrogen-bond acceptors (Lipinski definition) is 6. The summed E-state index contributed by atoms with van der Waals surface area (Å²) in [5.41, 5.74) is 2.76. The van der Waals surface area contributed by atoms with Gasteiger partial charge in [-0.3, -0.25) is 9.67 Å². The fourth-order valence-corrected chi connectivity index (χ4v) is 3.71. The molecule has 7 nitrogen and oxygen atoms in total. The molecule has 1 fully saturated rings. The van der Waals surface area contributed by atoms with Crippen molar-refractivity contribution >= 4 is 16.9 Å². The molecular formula is C19H25N7. The number of aryl methyl sites for hydroxylation is 2. The minimum Gasteiger partial charge on any atom is -0.368 e. The lowest BCUT2D eigenvalue weighted by molar-refractivity contribution is 0.194. The first kappa shape index (κ1) is 16.9. The molecular weight excluding hydrogens is 326 g/mol. The molecule has 1 aliphatic heterocycles. The van der Waals surface area contributed by atoms with E-state index in [1.54, 1.807) is 12.4 Å². The standard InChI is InChI=1S/C19H25N7/c1-13-16-18(21-12-15-6-4-5-11-25(15)2)22-17(14-7-9-20-10-8-14)23-19(16)26(3)24-13/h7-10,15H,4-6,11-12H2,1-3H3,(H,21,22,23). The van der Waals surface area contributed by atoms with E-state index in [-0.39, 0.29) is 0 Å². The summed E-state index contributed by atoms with van der Waals surface area (Å²) in [7, 11) is 4.14. The second kappa shape index (κ2) is 6.99. The first-order valence-corrected chi connectivity index (χ1v) is 9.19. The van der Waals surface area contributed by atoms with Crippen molar-refractivity contribution in [2.45, 2.75) is 32.2 Å². The molecule has 1 aliphatic rings. The molecule has 0 amide bonds. The molecule has 3 aromatic rings. The van der Waals surface area contributed by atoms with Crippen LogP contribution in [-0.2, 0) is 7.05 Å². The molecule has 0 spiro atoms. The third-order valence-corrected chi connectivity index (χ3v) is 5.22. The Kier molecular flexibility index (Phi) is 4.55. The Morgan fingerprint density at radius 2 is 1.96 bits per heavy atom. The number of anilines is 1. The number of aromatic nitrogens is 5. The van der Waals surface area contributed by atoms with E-state index in [1.807, 2.05) is 30.8 Å². The number of likely N-dealkylation sites (N-methyl/N-ethyl adjacent to an activating group) is 1. The van der Waals surface area contributed by atoms with Crippen molar-refractivity contribution in [3.8, 4) is 11.4 Å². The summed E-state index contributed by atoms with van der Waals surface area (Å²) in [6.45, 7) is 4.06. The lowest BCUT2D eigenvalue weighted by Crippen LogP contribution is -2.40. The zero-order valence-electron chi connectivity index (χ0n) is 15.6. The molecule has 1 N–H and O–H groups in total. The molecule has 0 aliphatic carbocycles. The van der Waals surface area contributed by atoms with Crippen LogP contribution in [0.4, 0.5) is 5.82 Å². The average Bonchev–Trinajstić information content (AvgIpc) is 2.95. The number of nitrogens with zero attached hydrogens (tertiary/aromatic N) is 6. The Hall–Kier alpha value is -2.54. The van der Waals surface area contributed by atoms with Crippen molar-refractivity contribution in [3.63, 3.8) is 0 Å². The molecule has 0 aromatic carbocycles. The molecule has 7 heteroatoms. The Labute approximate surface area is 153 Å². The summed E-state index contributed by atoms with van der Waals surface area (Å²) in [5, 5.41) is 9.14. The molecule has 0 bridgehead atoms. The SMILES string of the molecule is Cc1nn(C)c2nc(-c3ccncc3)nc(NCC3CCCCN3C)c12. The van der Waals surface area contributed by atoms with Crippen LogP contribution < -0.4 is 5.32 Å². The van der Waals surface area contributed by atoms with Crippen molar-refractivity contribution in [1.29, 1.82) is 0 Å². The van der Waals surface area contributed by atoms with E-state index < -0.39 is 0 Å². The summed E-state index contributed by atoms with van der Waals surface area (Å²) >= 11 is 0. The number of fused-ring (bicyclic) bond motifs is 1. The number of piperidine rings is 1. The van der Waals surface area contributed by atoms with Gasteiger partial charge >= 0.3 is 0 Å². The van der Waals surface area contributed by atoms with Gasteiger partial charge in [0.25, 0.3) is 0 Å². The number of hydrogen-bond donors (Lipinski definition) is 1. The molecule has 1 unspecified atom stereocenters. The Bertz CT molecular complexity index is 903. The van der Waals surface area contributed by atoms with Crippen LogP contribution in [0.1, 0.15) is 25.0 Å². The largest absolute Gasteiger partial charge is 0.368 e. The van der Waals surface area contributed by atoms with E-state index in [0.29, 0.717) is 11.9 Å². The molecule has 1 atom stereocenters. The molecule has 0 saturated carbocycles. The lowest BCUT2D eigenvalue weighted by Gasteiger charge is -2.32. The topological polar surface area (TPSA) is 71.8 Å². The van der Waals surface area contributed by atoms with Crippen LogP contribution in [0, 0.1) is 6.92 Å². The molecule has 3 aromatic heterocycles. The number of nitrogens with one attached hydrogen (secondary N) is 1. The minimum absolute atomic E-state index is 0.537. The van der Waals surface area contributed by atoms with Gasteiger partial charge in [0.15, 0.2) is 11.5 Å². The van der Waals surface area contributed by atoms with Crippen LogP contribution in [0.15, 0.2) is 24.5 Å². The summed E-state index contributed by atoms with van der Waals surface area (Å²) in [5.74, 6) is 1.56. The first-order chi connectivity index (χ1) is 12.6. The summed E-state index contributed by atoms with van der Waals surface area (Å²) in [4.78, 5) is 16.1. The highest BCUT2D eigenvalue weighted by molar-refractivity contribution is 5.90. The van der Waals surface area contributed by atoms with Gasteiger partial charge in [-0.05, 0) is 45.5 Å². The molecule has 1 saturated heterocycles. The average molecular weight is 351 g/mol. The fourth-order valence-electron chi connectivity index (χ4n) is 3.71. The molecule has 4 rings (SSSR count). The van der Waals surface area contributed by atoms with Crippen molar-refractivity contribution in [3.05, 3.63) is 30.2 Å². The summed E-state index contributed by atoms with van der Waals surface area (Å²) in [6.07, 6.45) is 7.34. The Morgan fingerprint density at radius 3 is 2.73 bits per heavy atom. The van der Waals surface area contributed by atoms with Gasteiger partial charge in [0.2, 0.25) is 0 Å². The van der Waals surface area contributed by atoms with Gasteiger partial charge in [-0.2, -0.15) is 5.10 Å². The number of pyridine rings is 1. The van der Waals surface area contributed by atoms with E-state index in [0.717, 1.165) is 34.7 Å². The van der Waals surface area contributed by atoms with Gasteiger partial charge in [0, 0.05) is 37.6 Å². The highest BCUT2D eigenvalue weighted by atomic mass is 15.3. The van der Waals surface area contributed by atoms with Crippen LogP contribution in [-0.4, -0.2) is 55.8 Å². The van der Waals surface area contributed by atoms with E-state index in [9.17, 15) is 0 Å². The smallest absolute Gasteiger partial charge is 0.164 e. The normalized spacial score (nSPS) is 18.3. The van der Waals surface area contributed by atoms with Gasteiger partial charge in [-0.25, -0.2) is 9.97 Å². The predicted molar refractivity (Wildman–Crippen MR) is 103 cm³/mol. The van der Waals surface area contributed by atoms with E-state index in [4.69, 9.17) is 9.97 Å². The Morgan fingerprint density at radius 1 is 1.15 bits per heavy atom. The van der Waals surface area contributed by atoms with Gasteiger partial charge in [0.1, 0.15) is 5.82 Å². The van der Waals surface area contributed by atoms with Crippen LogP contribution >= 0.6 is 0 Å². The van der Waals surface area contributed by atoms with E-state index >= 15 is 0 Å². The van der Waals surface area contributed by atoms with Crippen LogP contribution in [0.5, 0.6) is 0 Å².